The van der Waals surface area contributed by atoms with Crippen LogP contribution in [0.5, 0.6) is 0 Å². The van der Waals surface area contributed by atoms with Crippen molar-refractivity contribution >= 4 is 40.9 Å². The second-order valence-corrected chi connectivity index (χ2v) is 11.9. The minimum atomic E-state index is -0.761. The smallest absolute Gasteiger partial charge is 0.340 e. The fourth-order valence-electron chi connectivity index (χ4n) is 5.55. The summed E-state index contributed by atoms with van der Waals surface area (Å²) in [4.78, 5) is 72.0. The maximum atomic E-state index is 13.9. The zero-order valence-electron chi connectivity index (χ0n) is 29.1. The SMILES string of the molecule is C=C(C)C(=O)OCCOC(=O)C1=C(C)/C(=C2\C(=O)C(c3[nH]c(-c4ccccc4)c(C(=O)OCCOC(=O)C(=C)C)c3C)=C2O)N=C1c1ccccc1. The molecule has 2 heterocycles. The number of H-pyrrole nitrogens is 1. The Kier molecular flexibility index (Phi) is 11.0. The first-order valence-electron chi connectivity index (χ1n) is 16.2. The number of esters is 4. The maximum Gasteiger partial charge on any atom is 0.340 e. The Morgan fingerprint density at radius 1 is 0.712 bits per heavy atom. The average Bonchev–Trinajstić information content (AvgIpc) is 3.64. The summed E-state index contributed by atoms with van der Waals surface area (Å²) in [6.07, 6.45) is 0. The van der Waals surface area contributed by atoms with Crippen LogP contribution in [0.4, 0.5) is 0 Å². The second kappa shape index (κ2) is 15.5. The van der Waals surface area contributed by atoms with Crippen LogP contribution < -0.4 is 0 Å². The van der Waals surface area contributed by atoms with Crippen molar-refractivity contribution in [2.24, 2.45) is 4.99 Å². The van der Waals surface area contributed by atoms with E-state index >= 15 is 0 Å². The highest BCUT2D eigenvalue weighted by atomic mass is 16.6. The fourth-order valence-corrected chi connectivity index (χ4v) is 5.55. The molecule has 1 aromatic heterocycles. The second-order valence-electron chi connectivity index (χ2n) is 11.9. The van der Waals surface area contributed by atoms with Gasteiger partial charge in [0.25, 0.3) is 0 Å². The number of ether oxygens (including phenoxy) is 4. The number of Topliss-reactive ketones (excluding diaryl/α,β-unsaturated/α-hetero) is 1. The van der Waals surface area contributed by atoms with Gasteiger partial charge in [0.15, 0.2) is 0 Å². The highest BCUT2D eigenvalue weighted by Crippen LogP contribution is 2.44. The molecule has 0 radical (unpaired) electrons. The lowest BCUT2D eigenvalue weighted by molar-refractivity contribution is -0.147. The zero-order chi connectivity index (χ0) is 37.7. The molecule has 0 saturated heterocycles. The third-order valence-electron chi connectivity index (χ3n) is 8.17. The fraction of sp³-hybridized carbons (Fsp3) is 0.200. The number of carbonyl (C=O) groups excluding carboxylic acids is 5. The molecule has 1 aliphatic heterocycles. The van der Waals surface area contributed by atoms with Crippen LogP contribution in [0.3, 0.4) is 0 Å². The lowest BCUT2D eigenvalue weighted by atomic mass is 9.82. The zero-order valence-corrected chi connectivity index (χ0v) is 29.1. The van der Waals surface area contributed by atoms with Gasteiger partial charge in [0, 0.05) is 16.7 Å². The molecule has 2 aromatic carbocycles. The Morgan fingerprint density at radius 2 is 1.21 bits per heavy atom. The number of nitrogens with one attached hydrogen (secondary N) is 1. The predicted molar refractivity (Wildman–Crippen MR) is 191 cm³/mol. The van der Waals surface area contributed by atoms with Gasteiger partial charge in [0.2, 0.25) is 5.78 Å². The van der Waals surface area contributed by atoms with E-state index < -0.39 is 29.7 Å². The molecule has 0 unspecified atom stereocenters. The third kappa shape index (κ3) is 7.31. The molecule has 266 valence electrons. The van der Waals surface area contributed by atoms with Gasteiger partial charge in [-0.3, -0.25) is 4.79 Å². The Morgan fingerprint density at radius 3 is 1.73 bits per heavy atom. The van der Waals surface area contributed by atoms with Crippen molar-refractivity contribution in [1.82, 2.24) is 4.98 Å². The van der Waals surface area contributed by atoms with E-state index in [1.54, 1.807) is 74.5 Å². The molecular weight excluding hydrogens is 668 g/mol. The van der Waals surface area contributed by atoms with E-state index in [0.717, 1.165) is 0 Å². The highest BCUT2D eigenvalue weighted by molar-refractivity contribution is 6.40. The topological polar surface area (TPSA) is 171 Å². The molecule has 12 nitrogen and oxygen atoms in total. The number of aliphatic imine (C=N–C) groups is 1. The van der Waals surface area contributed by atoms with E-state index in [2.05, 4.69) is 23.1 Å². The molecule has 2 N–H and O–H groups in total. The van der Waals surface area contributed by atoms with Gasteiger partial charge in [-0.25, -0.2) is 24.2 Å². The molecular formula is C40H36N2O10. The van der Waals surface area contributed by atoms with Gasteiger partial charge in [0.1, 0.15) is 32.2 Å². The van der Waals surface area contributed by atoms with Crippen molar-refractivity contribution in [2.45, 2.75) is 27.7 Å². The van der Waals surface area contributed by atoms with Crippen molar-refractivity contribution in [1.29, 1.82) is 0 Å². The summed E-state index contributed by atoms with van der Waals surface area (Å²) in [5.74, 6) is -3.68. The number of aliphatic hydroxyl groups excluding tert-OH is 1. The van der Waals surface area contributed by atoms with E-state index in [0.29, 0.717) is 28.0 Å². The first kappa shape index (κ1) is 36.7. The summed E-state index contributed by atoms with van der Waals surface area (Å²) in [6.45, 7) is 12.4. The van der Waals surface area contributed by atoms with Crippen molar-refractivity contribution in [3.63, 3.8) is 0 Å². The summed E-state index contributed by atoms with van der Waals surface area (Å²) >= 11 is 0. The first-order chi connectivity index (χ1) is 24.8. The van der Waals surface area contributed by atoms with Gasteiger partial charge in [-0.2, -0.15) is 0 Å². The minimum Gasteiger partial charge on any atom is -0.506 e. The lowest BCUT2D eigenvalue weighted by Crippen LogP contribution is -2.24. The molecule has 0 spiro atoms. The van der Waals surface area contributed by atoms with Crippen LogP contribution in [0.2, 0.25) is 0 Å². The maximum absolute atomic E-state index is 13.9. The number of allylic oxidation sites excluding steroid dienone is 3. The van der Waals surface area contributed by atoms with E-state index in [1.807, 2.05) is 0 Å². The molecule has 0 atom stereocenters. The predicted octanol–water partition coefficient (Wildman–Crippen LogP) is 5.85. The first-order valence-corrected chi connectivity index (χ1v) is 16.2. The standard InChI is InChI=1S/C40H36N2O10/c1-21(2)37(45)49-17-19-51-39(47)27-23(5)31(41-33(27)25-13-9-7-10-14-25)29-35(43)30(36(29)44)32-24(6)28(34(42-32)26-15-11-8-12-16-26)40(48)52-20-18-50-38(46)22(3)4/h7-16,41,43H,1,3,17-20H2,2,4-6H3/b32-30+. The molecule has 0 fully saturated rings. The summed E-state index contributed by atoms with van der Waals surface area (Å²) in [7, 11) is 0. The van der Waals surface area contributed by atoms with Crippen LogP contribution in [0.25, 0.3) is 16.8 Å². The van der Waals surface area contributed by atoms with Gasteiger partial charge >= 0.3 is 23.9 Å². The molecule has 5 rings (SSSR count). The number of carbonyl (C=O) groups is 5. The van der Waals surface area contributed by atoms with Crippen LogP contribution in [-0.4, -0.2) is 71.9 Å². The molecule has 0 amide bonds. The normalized spacial score (nSPS) is 15.2. The van der Waals surface area contributed by atoms with Gasteiger partial charge in [0.05, 0.1) is 45.1 Å². The summed E-state index contributed by atoms with van der Waals surface area (Å²) in [5.41, 5.74) is 3.11. The van der Waals surface area contributed by atoms with Gasteiger partial charge < -0.3 is 29.0 Å². The summed E-state index contributed by atoms with van der Waals surface area (Å²) in [6, 6.07) is 17.7. The Hall–Kier alpha value is -6.56. The molecule has 12 heteroatoms. The molecule has 2 aliphatic rings. The van der Waals surface area contributed by atoms with Crippen molar-refractivity contribution in [3.8, 4) is 11.3 Å². The molecule has 1 aliphatic carbocycles. The average molecular weight is 705 g/mol. The van der Waals surface area contributed by atoms with Crippen LogP contribution in [0, 0.1) is 6.92 Å². The van der Waals surface area contributed by atoms with E-state index in [4.69, 9.17) is 18.9 Å². The van der Waals surface area contributed by atoms with E-state index in [1.165, 1.54) is 13.8 Å². The lowest BCUT2D eigenvalue weighted by Gasteiger charge is -2.22. The number of ketones is 1. The van der Waals surface area contributed by atoms with Crippen LogP contribution in [0.15, 0.2) is 118 Å². The number of hydrogen-bond donors (Lipinski definition) is 2. The largest absolute Gasteiger partial charge is 0.506 e. The van der Waals surface area contributed by atoms with E-state index in [-0.39, 0.29) is 82.7 Å². The highest BCUT2D eigenvalue weighted by Gasteiger charge is 2.43. The Balaban J connectivity index is 1.51. The number of aromatic nitrogens is 1. The number of benzene rings is 2. The van der Waals surface area contributed by atoms with Crippen LogP contribution in [0.1, 0.15) is 48.0 Å². The quantitative estimate of drug-likeness (QED) is 0.0952. The number of nitrogens with zero attached hydrogens (tertiary/aromatic N) is 1. The number of hydrogen-bond acceptors (Lipinski definition) is 11. The Bertz CT molecular complexity index is 2150. The van der Waals surface area contributed by atoms with Gasteiger partial charge in [-0.05, 0) is 44.4 Å². The van der Waals surface area contributed by atoms with Gasteiger partial charge in [-0.1, -0.05) is 73.8 Å². The van der Waals surface area contributed by atoms with Gasteiger partial charge in [-0.15, -0.1) is 0 Å². The van der Waals surface area contributed by atoms with Crippen molar-refractivity contribution in [2.75, 3.05) is 26.4 Å². The molecule has 0 saturated carbocycles. The molecule has 52 heavy (non-hydrogen) atoms. The van der Waals surface area contributed by atoms with Crippen molar-refractivity contribution < 1.29 is 48.0 Å². The summed E-state index contributed by atoms with van der Waals surface area (Å²) < 4.78 is 20.9. The monoisotopic (exact) mass is 704 g/mol. The number of aromatic amines is 1. The Labute approximate surface area is 299 Å². The minimum absolute atomic E-state index is 0.0776. The third-order valence-corrected chi connectivity index (χ3v) is 8.17. The van der Waals surface area contributed by atoms with Crippen LogP contribution >= 0.6 is 0 Å². The molecule has 3 aromatic rings. The van der Waals surface area contributed by atoms with E-state index in [9.17, 15) is 29.1 Å². The molecule has 0 bridgehead atoms. The summed E-state index contributed by atoms with van der Waals surface area (Å²) in [5, 5.41) is 11.5. The van der Waals surface area contributed by atoms with Crippen LogP contribution in [-0.2, 0) is 38.1 Å². The van der Waals surface area contributed by atoms with Crippen molar-refractivity contribution in [3.05, 3.63) is 136 Å². The number of aliphatic hydroxyl groups is 1. The number of rotatable bonds is 13.